The van der Waals surface area contributed by atoms with Gasteiger partial charge in [0.05, 0.1) is 6.04 Å². The molecule has 6 heteroatoms. The molecular weight excluding hydrogens is 299 g/mol. The van der Waals surface area contributed by atoms with Crippen LogP contribution in [-0.2, 0) is 4.79 Å². The van der Waals surface area contributed by atoms with Crippen LogP contribution in [0.2, 0.25) is 0 Å². The lowest BCUT2D eigenvalue weighted by atomic mass is 10.1. The molecule has 1 atom stereocenters. The molecule has 2 amide bonds. The summed E-state index contributed by atoms with van der Waals surface area (Å²) in [6.07, 6.45) is 0. The standard InChI is InChI=1S/C17H17FN2O3/c1-11(12-2-6-14(18)7-3-12)20-16(21)10-23-15-8-4-13(5-9-15)17(19)22/h2-9,11H,10H2,1H3,(H2,19,22)(H,20,21). The van der Waals surface area contributed by atoms with Crippen LogP contribution >= 0.6 is 0 Å². The van der Waals surface area contributed by atoms with Crippen molar-refractivity contribution >= 4 is 11.8 Å². The number of nitrogens with one attached hydrogen (secondary N) is 1. The van der Waals surface area contributed by atoms with Crippen molar-refractivity contribution in [3.63, 3.8) is 0 Å². The Balaban J connectivity index is 1.84. The highest BCUT2D eigenvalue weighted by Crippen LogP contribution is 2.14. The molecule has 23 heavy (non-hydrogen) atoms. The molecule has 2 rings (SSSR count). The molecule has 0 aliphatic rings. The number of hydrogen-bond donors (Lipinski definition) is 2. The first-order valence-corrected chi connectivity index (χ1v) is 7.03. The van der Waals surface area contributed by atoms with E-state index in [2.05, 4.69) is 5.32 Å². The first-order chi connectivity index (χ1) is 11.0. The molecule has 0 aliphatic carbocycles. The van der Waals surface area contributed by atoms with Crippen molar-refractivity contribution in [2.24, 2.45) is 5.73 Å². The van der Waals surface area contributed by atoms with E-state index in [9.17, 15) is 14.0 Å². The highest BCUT2D eigenvalue weighted by atomic mass is 19.1. The van der Waals surface area contributed by atoms with Gasteiger partial charge in [-0.2, -0.15) is 0 Å². The summed E-state index contributed by atoms with van der Waals surface area (Å²) in [6.45, 7) is 1.63. The lowest BCUT2D eigenvalue weighted by Crippen LogP contribution is -2.31. The van der Waals surface area contributed by atoms with Crippen molar-refractivity contribution in [1.29, 1.82) is 0 Å². The smallest absolute Gasteiger partial charge is 0.258 e. The fourth-order valence-electron chi connectivity index (χ4n) is 1.98. The molecule has 0 saturated heterocycles. The van der Waals surface area contributed by atoms with Gasteiger partial charge < -0.3 is 15.8 Å². The number of halogens is 1. The van der Waals surface area contributed by atoms with Crippen LogP contribution in [-0.4, -0.2) is 18.4 Å². The number of primary amides is 1. The SMILES string of the molecule is CC(NC(=O)COc1ccc(C(N)=O)cc1)c1ccc(F)cc1. The minimum Gasteiger partial charge on any atom is -0.484 e. The first kappa shape index (κ1) is 16.5. The van der Waals surface area contributed by atoms with Crippen LogP contribution in [0.3, 0.4) is 0 Å². The van der Waals surface area contributed by atoms with Gasteiger partial charge in [-0.3, -0.25) is 9.59 Å². The van der Waals surface area contributed by atoms with Crippen LogP contribution in [0.25, 0.3) is 0 Å². The van der Waals surface area contributed by atoms with Crippen LogP contribution in [0.1, 0.15) is 28.9 Å². The minimum absolute atomic E-state index is 0.165. The van der Waals surface area contributed by atoms with E-state index in [1.54, 1.807) is 31.2 Å². The molecular formula is C17H17FN2O3. The van der Waals surface area contributed by atoms with Gasteiger partial charge in [-0.15, -0.1) is 0 Å². The van der Waals surface area contributed by atoms with E-state index in [-0.39, 0.29) is 24.4 Å². The Labute approximate surface area is 133 Å². The zero-order valence-corrected chi connectivity index (χ0v) is 12.6. The quantitative estimate of drug-likeness (QED) is 0.857. The third-order valence-electron chi connectivity index (χ3n) is 3.26. The van der Waals surface area contributed by atoms with Gasteiger partial charge in [0, 0.05) is 5.56 Å². The highest BCUT2D eigenvalue weighted by molar-refractivity contribution is 5.92. The normalized spacial score (nSPS) is 11.6. The van der Waals surface area contributed by atoms with Gasteiger partial charge in [0.25, 0.3) is 5.91 Å². The van der Waals surface area contributed by atoms with Gasteiger partial charge in [0.1, 0.15) is 11.6 Å². The number of benzene rings is 2. The van der Waals surface area contributed by atoms with Crippen molar-refractivity contribution in [2.75, 3.05) is 6.61 Å². The minimum atomic E-state index is -0.526. The molecule has 0 radical (unpaired) electrons. The average molecular weight is 316 g/mol. The number of rotatable bonds is 6. The second kappa shape index (κ2) is 7.40. The van der Waals surface area contributed by atoms with Gasteiger partial charge in [-0.25, -0.2) is 4.39 Å². The maximum Gasteiger partial charge on any atom is 0.258 e. The summed E-state index contributed by atoms with van der Waals surface area (Å²) < 4.78 is 18.2. The molecule has 120 valence electrons. The third kappa shape index (κ3) is 4.81. The van der Waals surface area contributed by atoms with Crippen molar-refractivity contribution in [3.05, 3.63) is 65.5 Å². The van der Waals surface area contributed by atoms with E-state index in [4.69, 9.17) is 10.5 Å². The van der Waals surface area contributed by atoms with E-state index in [0.717, 1.165) is 5.56 Å². The lowest BCUT2D eigenvalue weighted by Gasteiger charge is -2.14. The topological polar surface area (TPSA) is 81.4 Å². The van der Waals surface area contributed by atoms with Crippen molar-refractivity contribution in [2.45, 2.75) is 13.0 Å². The van der Waals surface area contributed by atoms with Crippen molar-refractivity contribution in [1.82, 2.24) is 5.32 Å². The van der Waals surface area contributed by atoms with Crippen molar-refractivity contribution < 1.29 is 18.7 Å². The summed E-state index contributed by atoms with van der Waals surface area (Å²) in [5.74, 6) is -0.696. The van der Waals surface area contributed by atoms with Crippen molar-refractivity contribution in [3.8, 4) is 5.75 Å². The second-order valence-corrected chi connectivity index (χ2v) is 5.02. The van der Waals surface area contributed by atoms with Gasteiger partial charge in [0.15, 0.2) is 6.61 Å². The maximum absolute atomic E-state index is 12.9. The number of carbonyl (C=O) groups excluding carboxylic acids is 2. The lowest BCUT2D eigenvalue weighted by molar-refractivity contribution is -0.123. The molecule has 3 N–H and O–H groups in total. The Bertz CT molecular complexity index is 684. The predicted octanol–water partition coefficient (Wildman–Crippen LogP) is 2.18. The molecule has 0 saturated carbocycles. The van der Waals surface area contributed by atoms with Crippen LogP contribution in [0.5, 0.6) is 5.75 Å². The van der Waals surface area contributed by atoms with Crippen LogP contribution < -0.4 is 15.8 Å². The number of carbonyl (C=O) groups is 2. The molecule has 0 aromatic heterocycles. The zero-order valence-electron chi connectivity index (χ0n) is 12.6. The number of ether oxygens (including phenoxy) is 1. The van der Waals surface area contributed by atoms with Gasteiger partial charge >= 0.3 is 0 Å². The largest absolute Gasteiger partial charge is 0.484 e. The molecule has 2 aromatic rings. The van der Waals surface area contributed by atoms with E-state index in [0.29, 0.717) is 11.3 Å². The summed E-state index contributed by atoms with van der Waals surface area (Å²) in [5.41, 5.74) is 6.30. The number of amides is 2. The Morgan fingerprint density at radius 2 is 1.74 bits per heavy atom. The van der Waals surface area contributed by atoms with Crippen LogP contribution in [0, 0.1) is 5.82 Å². The summed E-state index contributed by atoms with van der Waals surface area (Å²) >= 11 is 0. The maximum atomic E-state index is 12.9. The van der Waals surface area contributed by atoms with Crippen LogP contribution in [0.4, 0.5) is 4.39 Å². The van der Waals surface area contributed by atoms with Crippen LogP contribution in [0.15, 0.2) is 48.5 Å². The molecule has 0 aliphatic heterocycles. The summed E-state index contributed by atoms with van der Waals surface area (Å²) in [4.78, 5) is 22.8. The van der Waals surface area contributed by atoms with E-state index in [1.165, 1.54) is 24.3 Å². The summed E-state index contributed by atoms with van der Waals surface area (Å²) in [7, 11) is 0. The first-order valence-electron chi connectivity index (χ1n) is 7.03. The van der Waals surface area contributed by atoms with E-state index >= 15 is 0 Å². The molecule has 0 bridgehead atoms. The molecule has 5 nitrogen and oxygen atoms in total. The van der Waals surface area contributed by atoms with E-state index in [1.807, 2.05) is 0 Å². The molecule has 0 heterocycles. The molecule has 0 fully saturated rings. The van der Waals surface area contributed by atoms with Gasteiger partial charge in [-0.05, 0) is 48.9 Å². The molecule has 0 spiro atoms. The number of nitrogens with two attached hydrogens (primary N) is 1. The Morgan fingerprint density at radius 1 is 1.13 bits per heavy atom. The average Bonchev–Trinajstić information content (AvgIpc) is 2.54. The fraction of sp³-hybridized carbons (Fsp3) is 0.176. The third-order valence-corrected chi connectivity index (χ3v) is 3.26. The summed E-state index contributed by atoms with van der Waals surface area (Å²) in [5, 5.41) is 2.75. The summed E-state index contributed by atoms with van der Waals surface area (Å²) in [6, 6.07) is 11.8. The zero-order chi connectivity index (χ0) is 16.8. The Hall–Kier alpha value is -2.89. The Kier molecular flexibility index (Phi) is 5.30. The highest BCUT2D eigenvalue weighted by Gasteiger charge is 2.10. The van der Waals surface area contributed by atoms with Gasteiger partial charge in [-0.1, -0.05) is 12.1 Å². The molecule has 2 aromatic carbocycles. The second-order valence-electron chi connectivity index (χ2n) is 5.02. The predicted molar refractivity (Wildman–Crippen MR) is 83.4 cm³/mol. The fourth-order valence-corrected chi connectivity index (χ4v) is 1.98. The van der Waals surface area contributed by atoms with E-state index < -0.39 is 5.91 Å². The number of hydrogen-bond acceptors (Lipinski definition) is 3. The molecule has 1 unspecified atom stereocenters. The Morgan fingerprint density at radius 3 is 2.30 bits per heavy atom. The monoisotopic (exact) mass is 316 g/mol. The van der Waals surface area contributed by atoms with Gasteiger partial charge in [0.2, 0.25) is 5.91 Å².